The van der Waals surface area contributed by atoms with Crippen molar-refractivity contribution in [1.82, 2.24) is 10.2 Å². The summed E-state index contributed by atoms with van der Waals surface area (Å²) in [5, 5.41) is 3.11. The largest absolute Gasteiger partial charge is 0.349 e. The zero-order chi connectivity index (χ0) is 15.5. The van der Waals surface area contributed by atoms with Crippen LogP contribution >= 0.6 is 12.4 Å². The van der Waals surface area contributed by atoms with Crippen LogP contribution in [0.5, 0.6) is 0 Å². The maximum Gasteiger partial charge on any atom is 0.225 e. The molecule has 1 heterocycles. The van der Waals surface area contributed by atoms with Crippen LogP contribution in [0.4, 0.5) is 0 Å². The number of likely N-dealkylation sites (tertiary alicyclic amines) is 1. The van der Waals surface area contributed by atoms with E-state index in [1.165, 1.54) is 12.8 Å². The summed E-state index contributed by atoms with van der Waals surface area (Å²) in [6, 6.07) is 0.368. The van der Waals surface area contributed by atoms with Gasteiger partial charge in [-0.3, -0.25) is 9.59 Å². The SMILES string of the molecule is CCC(CC)(CN)NC(=O)C1CC(=O)N(C2CCCC2)C1.Cl. The van der Waals surface area contributed by atoms with Crippen molar-refractivity contribution in [2.45, 2.75) is 70.4 Å². The number of amides is 2. The molecule has 1 saturated carbocycles. The highest BCUT2D eigenvalue weighted by molar-refractivity contribution is 5.89. The zero-order valence-corrected chi connectivity index (χ0v) is 14.6. The Morgan fingerprint density at radius 3 is 2.41 bits per heavy atom. The van der Waals surface area contributed by atoms with E-state index in [9.17, 15) is 9.59 Å². The lowest BCUT2D eigenvalue weighted by molar-refractivity contribution is -0.130. The molecule has 0 aromatic rings. The van der Waals surface area contributed by atoms with E-state index in [-0.39, 0.29) is 35.7 Å². The van der Waals surface area contributed by atoms with Gasteiger partial charge in [0.15, 0.2) is 0 Å². The van der Waals surface area contributed by atoms with Crippen molar-refractivity contribution < 1.29 is 9.59 Å². The van der Waals surface area contributed by atoms with Gasteiger partial charge in [-0.25, -0.2) is 0 Å². The first-order valence-corrected chi connectivity index (χ1v) is 8.36. The Morgan fingerprint density at radius 1 is 1.32 bits per heavy atom. The molecule has 22 heavy (non-hydrogen) atoms. The first kappa shape index (κ1) is 19.2. The number of hydrogen-bond acceptors (Lipinski definition) is 3. The monoisotopic (exact) mass is 331 g/mol. The molecule has 128 valence electrons. The first-order chi connectivity index (χ1) is 10.0. The summed E-state index contributed by atoms with van der Waals surface area (Å²) in [6.07, 6.45) is 6.59. The summed E-state index contributed by atoms with van der Waals surface area (Å²) < 4.78 is 0. The van der Waals surface area contributed by atoms with Gasteiger partial charge < -0.3 is 16.0 Å². The number of carbonyl (C=O) groups is 2. The fourth-order valence-corrected chi connectivity index (χ4v) is 3.61. The Hall–Kier alpha value is -0.810. The highest BCUT2D eigenvalue weighted by atomic mass is 35.5. The average Bonchev–Trinajstić information content (AvgIpc) is 3.13. The molecule has 1 aliphatic carbocycles. The number of rotatable bonds is 6. The number of halogens is 1. The predicted octanol–water partition coefficient (Wildman–Crippen LogP) is 1.83. The second-order valence-corrected chi connectivity index (χ2v) is 6.57. The number of nitrogens with one attached hydrogen (secondary N) is 1. The standard InChI is InChI=1S/C16H29N3O2.ClH/c1-3-16(4-2,11-17)18-15(21)12-9-14(20)19(10-12)13-7-5-6-8-13;/h12-13H,3-11,17H2,1-2H3,(H,18,21);1H. The van der Waals surface area contributed by atoms with Gasteiger partial charge in [-0.2, -0.15) is 0 Å². The van der Waals surface area contributed by atoms with Crippen molar-refractivity contribution >= 4 is 24.2 Å². The molecule has 0 aromatic carbocycles. The molecule has 0 aromatic heterocycles. The highest BCUT2D eigenvalue weighted by Gasteiger charge is 2.40. The molecule has 2 fully saturated rings. The predicted molar refractivity (Wildman–Crippen MR) is 89.8 cm³/mol. The van der Waals surface area contributed by atoms with Gasteiger partial charge in [0.25, 0.3) is 0 Å². The van der Waals surface area contributed by atoms with Gasteiger partial charge in [0.2, 0.25) is 11.8 Å². The molecule has 2 rings (SSSR count). The Labute approximate surface area is 139 Å². The average molecular weight is 332 g/mol. The molecular weight excluding hydrogens is 302 g/mol. The van der Waals surface area contributed by atoms with Gasteiger partial charge in [-0.15, -0.1) is 12.4 Å². The van der Waals surface area contributed by atoms with Crippen molar-refractivity contribution in [3.63, 3.8) is 0 Å². The molecule has 3 N–H and O–H groups in total. The first-order valence-electron chi connectivity index (χ1n) is 8.36. The molecule has 2 aliphatic rings. The second-order valence-electron chi connectivity index (χ2n) is 6.57. The summed E-state index contributed by atoms with van der Waals surface area (Å²) in [5.41, 5.74) is 5.52. The van der Waals surface area contributed by atoms with Gasteiger partial charge >= 0.3 is 0 Å². The molecule has 1 unspecified atom stereocenters. The second kappa shape index (κ2) is 8.16. The highest BCUT2D eigenvalue weighted by Crippen LogP contribution is 2.30. The van der Waals surface area contributed by atoms with Gasteiger partial charge in [-0.05, 0) is 25.7 Å². The van der Waals surface area contributed by atoms with E-state index < -0.39 is 0 Å². The van der Waals surface area contributed by atoms with Gasteiger partial charge in [0.05, 0.1) is 11.5 Å². The van der Waals surface area contributed by atoms with Crippen LogP contribution in [0.25, 0.3) is 0 Å². The van der Waals surface area contributed by atoms with Gasteiger partial charge in [-0.1, -0.05) is 26.7 Å². The van der Waals surface area contributed by atoms with Crippen molar-refractivity contribution in [3.8, 4) is 0 Å². The normalized spacial score (nSPS) is 22.8. The molecule has 2 amide bonds. The summed E-state index contributed by atoms with van der Waals surface area (Å²) >= 11 is 0. The summed E-state index contributed by atoms with van der Waals surface area (Å²) in [4.78, 5) is 26.6. The van der Waals surface area contributed by atoms with Crippen LogP contribution in [0.3, 0.4) is 0 Å². The minimum atomic E-state index is -0.319. The lowest BCUT2D eigenvalue weighted by Gasteiger charge is -2.32. The van der Waals surface area contributed by atoms with E-state index in [0.29, 0.717) is 25.6 Å². The molecule has 0 spiro atoms. The summed E-state index contributed by atoms with van der Waals surface area (Å²) in [7, 11) is 0. The Balaban J connectivity index is 0.00000242. The van der Waals surface area contributed by atoms with Crippen molar-refractivity contribution in [2.75, 3.05) is 13.1 Å². The fraction of sp³-hybridized carbons (Fsp3) is 0.875. The molecular formula is C16H30ClN3O2. The Morgan fingerprint density at radius 2 is 1.91 bits per heavy atom. The maximum absolute atomic E-state index is 12.5. The molecule has 0 bridgehead atoms. The Bertz CT molecular complexity index is 385. The molecule has 1 atom stereocenters. The third-order valence-electron chi connectivity index (χ3n) is 5.43. The van der Waals surface area contributed by atoms with Gasteiger partial charge in [0.1, 0.15) is 0 Å². The number of hydrogen-bond donors (Lipinski definition) is 2. The van der Waals surface area contributed by atoms with Crippen molar-refractivity contribution in [2.24, 2.45) is 11.7 Å². The molecule has 6 heteroatoms. The third kappa shape index (κ3) is 3.93. The quantitative estimate of drug-likeness (QED) is 0.779. The molecule has 0 radical (unpaired) electrons. The van der Waals surface area contributed by atoms with Crippen LogP contribution in [0.15, 0.2) is 0 Å². The van der Waals surface area contributed by atoms with Crippen molar-refractivity contribution in [3.05, 3.63) is 0 Å². The minimum absolute atomic E-state index is 0. The van der Waals surface area contributed by atoms with E-state index in [1.807, 2.05) is 18.7 Å². The molecule has 1 saturated heterocycles. The fourth-order valence-electron chi connectivity index (χ4n) is 3.61. The Kier molecular flexibility index (Phi) is 7.13. The lowest BCUT2D eigenvalue weighted by Crippen LogP contribution is -2.54. The third-order valence-corrected chi connectivity index (χ3v) is 5.43. The van der Waals surface area contributed by atoms with Crippen LogP contribution in [0, 0.1) is 5.92 Å². The topological polar surface area (TPSA) is 75.4 Å². The number of nitrogens with two attached hydrogens (primary N) is 1. The summed E-state index contributed by atoms with van der Waals surface area (Å²) in [6.45, 7) is 5.12. The van der Waals surface area contributed by atoms with E-state index >= 15 is 0 Å². The maximum atomic E-state index is 12.5. The molecule has 1 aliphatic heterocycles. The van der Waals surface area contributed by atoms with Crippen LogP contribution in [0.2, 0.25) is 0 Å². The van der Waals surface area contributed by atoms with Crippen LogP contribution in [-0.4, -0.2) is 41.4 Å². The lowest BCUT2D eigenvalue weighted by atomic mass is 9.91. The minimum Gasteiger partial charge on any atom is -0.349 e. The van der Waals surface area contributed by atoms with E-state index in [0.717, 1.165) is 25.7 Å². The van der Waals surface area contributed by atoms with E-state index in [2.05, 4.69) is 5.32 Å². The molecule has 5 nitrogen and oxygen atoms in total. The number of carbonyl (C=O) groups excluding carboxylic acids is 2. The van der Waals surface area contributed by atoms with E-state index in [4.69, 9.17) is 5.73 Å². The van der Waals surface area contributed by atoms with E-state index in [1.54, 1.807) is 0 Å². The van der Waals surface area contributed by atoms with Gasteiger partial charge in [0, 0.05) is 25.6 Å². The smallest absolute Gasteiger partial charge is 0.225 e. The van der Waals surface area contributed by atoms with Crippen LogP contribution < -0.4 is 11.1 Å². The van der Waals surface area contributed by atoms with Crippen LogP contribution in [0.1, 0.15) is 58.8 Å². The zero-order valence-electron chi connectivity index (χ0n) is 13.8. The van der Waals surface area contributed by atoms with Crippen LogP contribution in [-0.2, 0) is 9.59 Å². The number of nitrogens with zero attached hydrogens (tertiary/aromatic N) is 1. The summed E-state index contributed by atoms with van der Waals surface area (Å²) in [5.74, 6) is -0.0616. The van der Waals surface area contributed by atoms with Crippen molar-refractivity contribution in [1.29, 1.82) is 0 Å².